The molecule has 21 heavy (non-hydrogen) atoms. The minimum Gasteiger partial charge on any atom is -0.384 e. The lowest BCUT2D eigenvalue weighted by Gasteiger charge is -2.06. The second kappa shape index (κ2) is 5.02. The van der Waals surface area contributed by atoms with Crippen LogP contribution in [0.5, 0.6) is 0 Å². The standard InChI is InChI=1S/C12H12N6O2S/c1-6-16-9-2-8(10(18(19)20)3-11(9)21-6)14-4-7-5-15-17-12(7)13/h2-3,5,14H,4H2,1H3,(H3,13,15,17). The van der Waals surface area contributed by atoms with Crippen molar-refractivity contribution in [2.75, 3.05) is 11.1 Å². The van der Waals surface area contributed by atoms with E-state index in [1.807, 2.05) is 6.92 Å². The third kappa shape index (κ3) is 2.50. The summed E-state index contributed by atoms with van der Waals surface area (Å²) in [6.07, 6.45) is 1.58. The van der Waals surface area contributed by atoms with Gasteiger partial charge in [-0.15, -0.1) is 11.3 Å². The molecule has 8 nitrogen and oxygen atoms in total. The zero-order valence-corrected chi connectivity index (χ0v) is 11.9. The highest BCUT2D eigenvalue weighted by atomic mass is 32.1. The van der Waals surface area contributed by atoms with Crippen LogP contribution in [-0.4, -0.2) is 20.1 Å². The van der Waals surface area contributed by atoms with Gasteiger partial charge in [0.2, 0.25) is 0 Å². The minimum atomic E-state index is -0.407. The highest BCUT2D eigenvalue weighted by molar-refractivity contribution is 7.18. The molecule has 0 radical (unpaired) electrons. The van der Waals surface area contributed by atoms with Gasteiger partial charge in [-0.2, -0.15) is 5.10 Å². The summed E-state index contributed by atoms with van der Waals surface area (Å²) in [5.74, 6) is 0.440. The predicted octanol–water partition coefficient (Wildman–Crippen LogP) is 2.43. The van der Waals surface area contributed by atoms with E-state index < -0.39 is 4.92 Å². The zero-order valence-electron chi connectivity index (χ0n) is 11.1. The summed E-state index contributed by atoms with van der Waals surface area (Å²) in [5.41, 5.74) is 7.62. The Labute approximate surface area is 123 Å². The number of fused-ring (bicyclic) bond motifs is 1. The van der Waals surface area contributed by atoms with Crippen LogP contribution in [0.15, 0.2) is 18.3 Å². The van der Waals surface area contributed by atoms with Crippen molar-refractivity contribution < 1.29 is 4.92 Å². The Hall–Kier alpha value is -2.68. The van der Waals surface area contributed by atoms with Gasteiger partial charge in [-0.25, -0.2) is 4.98 Å². The SMILES string of the molecule is Cc1nc2cc(NCc3cn[nH]c3N)c([N+](=O)[O-])cc2s1. The van der Waals surface area contributed by atoms with Gasteiger partial charge in [-0.1, -0.05) is 0 Å². The monoisotopic (exact) mass is 304 g/mol. The molecule has 0 aliphatic heterocycles. The number of anilines is 2. The quantitative estimate of drug-likeness (QED) is 0.502. The van der Waals surface area contributed by atoms with Gasteiger partial charge >= 0.3 is 0 Å². The summed E-state index contributed by atoms with van der Waals surface area (Å²) in [5, 5.41) is 21.5. The Morgan fingerprint density at radius 1 is 1.52 bits per heavy atom. The molecule has 4 N–H and O–H groups in total. The largest absolute Gasteiger partial charge is 0.384 e. The molecule has 9 heteroatoms. The molecule has 0 aliphatic rings. The fourth-order valence-electron chi connectivity index (χ4n) is 2.02. The van der Waals surface area contributed by atoms with Crippen molar-refractivity contribution in [3.8, 4) is 0 Å². The van der Waals surface area contributed by atoms with E-state index in [1.54, 1.807) is 18.3 Å². The van der Waals surface area contributed by atoms with Crippen LogP contribution in [-0.2, 0) is 6.54 Å². The average molecular weight is 304 g/mol. The van der Waals surface area contributed by atoms with Gasteiger partial charge in [0.25, 0.3) is 5.69 Å². The van der Waals surface area contributed by atoms with Crippen LogP contribution < -0.4 is 11.1 Å². The van der Waals surface area contributed by atoms with Gasteiger partial charge < -0.3 is 11.1 Å². The topological polar surface area (TPSA) is 123 Å². The van der Waals surface area contributed by atoms with Crippen molar-refractivity contribution in [1.82, 2.24) is 15.2 Å². The molecule has 108 valence electrons. The molecule has 0 amide bonds. The fourth-order valence-corrected chi connectivity index (χ4v) is 2.87. The molecule has 0 bridgehead atoms. The van der Waals surface area contributed by atoms with E-state index >= 15 is 0 Å². The number of H-pyrrole nitrogens is 1. The smallest absolute Gasteiger partial charge is 0.293 e. The number of nitrogens with two attached hydrogens (primary N) is 1. The first kappa shape index (κ1) is 13.3. The van der Waals surface area contributed by atoms with E-state index in [2.05, 4.69) is 20.5 Å². The Balaban J connectivity index is 1.97. The highest BCUT2D eigenvalue weighted by Gasteiger charge is 2.17. The Bertz CT molecular complexity index is 824. The lowest BCUT2D eigenvalue weighted by Crippen LogP contribution is -2.04. The maximum atomic E-state index is 11.2. The van der Waals surface area contributed by atoms with Crippen molar-refractivity contribution in [2.24, 2.45) is 0 Å². The Morgan fingerprint density at radius 3 is 3.00 bits per heavy atom. The van der Waals surface area contributed by atoms with Crippen LogP contribution in [0.1, 0.15) is 10.6 Å². The molecule has 0 aliphatic carbocycles. The lowest BCUT2D eigenvalue weighted by atomic mass is 10.2. The van der Waals surface area contributed by atoms with E-state index in [4.69, 9.17) is 5.73 Å². The van der Waals surface area contributed by atoms with Crippen molar-refractivity contribution in [1.29, 1.82) is 0 Å². The van der Waals surface area contributed by atoms with E-state index in [9.17, 15) is 10.1 Å². The number of rotatable bonds is 4. The lowest BCUT2D eigenvalue weighted by molar-refractivity contribution is -0.383. The number of nitro benzene ring substituents is 1. The third-order valence-electron chi connectivity index (χ3n) is 3.03. The first-order chi connectivity index (χ1) is 10.0. The van der Waals surface area contributed by atoms with E-state index in [1.165, 1.54) is 11.3 Å². The molecule has 0 atom stereocenters. The van der Waals surface area contributed by atoms with Crippen LogP contribution >= 0.6 is 11.3 Å². The van der Waals surface area contributed by atoms with Gasteiger partial charge in [0.1, 0.15) is 11.5 Å². The van der Waals surface area contributed by atoms with Crippen molar-refractivity contribution in [3.05, 3.63) is 39.0 Å². The molecular weight excluding hydrogens is 292 g/mol. The summed E-state index contributed by atoms with van der Waals surface area (Å²) < 4.78 is 0.799. The first-order valence-corrected chi connectivity index (χ1v) is 6.93. The second-order valence-corrected chi connectivity index (χ2v) is 5.72. The third-order valence-corrected chi connectivity index (χ3v) is 3.96. The van der Waals surface area contributed by atoms with Crippen LogP contribution in [0.25, 0.3) is 10.2 Å². The van der Waals surface area contributed by atoms with E-state index in [0.717, 1.165) is 20.8 Å². The number of nitrogen functional groups attached to an aromatic ring is 1. The number of hydrogen-bond acceptors (Lipinski definition) is 7. The number of nitrogens with one attached hydrogen (secondary N) is 2. The zero-order chi connectivity index (χ0) is 15.0. The van der Waals surface area contributed by atoms with Crippen LogP contribution in [0, 0.1) is 17.0 Å². The number of nitro groups is 1. The highest BCUT2D eigenvalue weighted by Crippen LogP contribution is 2.33. The van der Waals surface area contributed by atoms with Crippen LogP contribution in [0.3, 0.4) is 0 Å². The van der Waals surface area contributed by atoms with Crippen molar-refractivity contribution in [3.63, 3.8) is 0 Å². The van der Waals surface area contributed by atoms with Gasteiger partial charge in [-0.3, -0.25) is 15.2 Å². The molecule has 2 heterocycles. The molecule has 0 unspecified atom stereocenters. The maximum absolute atomic E-state index is 11.2. The Kier molecular flexibility index (Phi) is 3.18. The summed E-state index contributed by atoms with van der Waals surface area (Å²) in [4.78, 5) is 15.1. The van der Waals surface area contributed by atoms with Crippen LogP contribution in [0.2, 0.25) is 0 Å². The first-order valence-electron chi connectivity index (χ1n) is 6.12. The number of aromatic nitrogens is 3. The normalized spacial score (nSPS) is 10.9. The summed E-state index contributed by atoms with van der Waals surface area (Å²) >= 11 is 1.43. The van der Waals surface area contributed by atoms with Gasteiger partial charge in [0.05, 0.1) is 26.3 Å². The average Bonchev–Trinajstić information content (AvgIpc) is 2.99. The molecule has 3 aromatic rings. The van der Waals surface area contributed by atoms with Crippen molar-refractivity contribution >= 4 is 38.7 Å². The predicted molar refractivity (Wildman–Crippen MR) is 81.3 cm³/mol. The molecule has 1 aromatic carbocycles. The fraction of sp³-hybridized carbons (Fsp3) is 0.167. The van der Waals surface area contributed by atoms with Gasteiger partial charge in [0, 0.05) is 18.2 Å². The number of aryl methyl sites for hydroxylation is 1. The molecule has 0 saturated carbocycles. The summed E-state index contributed by atoms with van der Waals surface area (Å²) in [7, 11) is 0. The number of aromatic amines is 1. The van der Waals surface area contributed by atoms with Gasteiger partial charge in [0.15, 0.2) is 0 Å². The number of nitrogens with zero attached hydrogens (tertiary/aromatic N) is 3. The molecule has 0 saturated heterocycles. The van der Waals surface area contributed by atoms with Crippen LogP contribution in [0.4, 0.5) is 17.2 Å². The summed E-state index contributed by atoms with van der Waals surface area (Å²) in [6.45, 7) is 2.22. The molecule has 0 fully saturated rings. The van der Waals surface area contributed by atoms with Gasteiger partial charge in [-0.05, 0) is 13.0 Å². The minimum absolute atomic E-state index is 0.0215. The van der Waals surface area contributed by atoms with E-state index in [0.29, 0.717) is 18.1 Å². The molecular formula is C12H12N6O2S. The van der Waals surface area contributed by atoms with E-state index in [-0.39, 0.29) is 5.69 Å². The molecule has 3 rings (SSSR count). The number of thiazole rings is 1. The molecule has 0 spiro atoms. The summed E-state index contributed by atoms with van der Waals surface area (Å²) in [6, 6.07) is 3.23. The van der Waals surface area contributed by atoms with Crippen molar-refractivity contribution in [2.45, 2.75) is 13.5 Å². The number of hydrogen-bond donors (Lipinski definition) is 3. The number of benzene rings is 1. The second-order valence-electron chi connectivity index (χ2n) is 4.49. The Morgan fingerprint density at radius 2 is 2.33 bits per heavy atom. The maximum Gasteiger partial charge on any atom is 0.293 e. The molecule has 2 aromatic heterocycles.